The Morgan fingerprint density at radius 1 is 1.19 bits per heavy atom. The zero-order chi connectivity index (χ0) is 19.1. The highest BCUT2D eigenvalue weighted by Crippen LogP contribution is 2.37. The van der Waals surface area contributed by atoms with Gasteiger partial charge in [0.1, 0.15) is 11.3 Å². The van der Waals surface area contributed by atoms with Gasteiger partial charge < -0.3 is 15.4 Å². The highest BCUT2D eigenvalue weighted by molar-refractivity contribution is 6.32. The molecule has 1 aromatic heterocycles. The summed E-state index contributed by atoms with van der Waals surface area (Å²) < 4.78 is 0. The molecular weight excluding hydrogens is 352 g/mol. The Labute approximate surface area is 155 Å². The molecule has 5 nitrogen and oxygen atoms in total. The molecule has 0 spiro atoms. The molecule has 0 aliphatic rings. The molecule has 134 valence electrons. The van der Waals surface area contributed by atoms with Crippen molar-refractivity contribution in [2.24, 2.45) is 0 Å². The summed E-state index contributed by atoms with van der Waals surface area (Å²) >= 11 is 6.02. The molecule has 0 aliphatic carbocycles. The van der Waals surface area contributed by atoms with E-state index in [0.29, 0.717) is 16.6 Å². The number of hydrogen-bond acceptors (Lipinski definition) is 3. The molecular formula is C20H19ClN2O3. The summed E-state index contributed by atoms with van der Waals surface area (Å²) in [6, 6.07) is 10.0. The van der Waals surface area contributed by atoms with E-state index in [9.17, 15) is 14.7 Å². The Hall–Kier alpha value is -2.79. The molecule has 1 heterocycles. The normalized spacial score (nSPS) is 11.5. The molecule has 26 heavy (non-hydrogen) atoms. The van der Waals surface area contributed by atoms with Gasteiger partial charge in [0.2, 0.25) is 5.43 Å². The molecule has 0 bridgehead atoms. The van der Waals surface area contributed by atoms with E-state index in [4.69, 9.17) is 11.6 Å². The van der Waals surface area contributed by atoms with Crippen LogP contribution in [0, 0.1) is 0 Å². The first-order valence-electron chi connectivity index (χ1n) is 8.13. The standard InChI is InChI=1S/C20H19ClN2O3/c1-20(2,3)13-8-14(21)17(24)9-16(13)23-19(26)12-10-22-15-7-5-4-6-11(15)18(12)25/h4-10,24H,1-3H3,(H,22,25)(H,23,26). The topological polar surface area (TPSA) is 82.2 Å². The number of halogens is 1. The number of phenolic OH excluding ortho intramolecular Hbond substituents is 1. The van der Waals surface area contributed by atoms with Crippen molar-refractivity contribution in [3.63, 3.8) is 0 Å². The fourth-order valence-corrected chi connectivity index (χ4v) is 2.98. The third-order valence-corrected chi connectivity index (χ3v) is 4.48. The van der Waals surface area contributed by atoms with Gasteiger partial charge in [-0.1, -0.05) is 44.5 Å². The van der Waals surface area contributed by atoms with Crippen molar-refractivity contribution in [1.82, 2.24) is 4.98 Å². The fraction of sp³-hybridized carbons (Fsp3) is 0.200. The third-order valence-electron chi connectivity index (χ3n) is 4.18. The number of rotatable bonds is 2. The van der Waals surface area contributed by atoms with Crippen LogP contribution in [0.25, 0.3) is 10.9 Å². The predicted molar refractivity (Wildman–Crippen MR) is 104 cm³/mol. The summed E-state index contributed by atoms with van der Waals surface area (Å²) in [6.45, 7) is 5.90. The number of aromatic amines is 1. The van der Waals surface area contributed by atoms with Crippen LogP contribution in [0.4, 0.5) is 5.69 Å². The molecule has 0 unspecified atom stereocenters. The van der Waals surface area contributed by atoms with E-state index >= 15 is 0 Å². The number of pyridine rings is 1. The van der Waals surface area contributed by atoms with Crippen molar-refractivity contribution in [3.05, 3.63) is 69.0 Å². The lowest BCUT2D eigenvalue weighted by molar-refractivity contribution is 0.102. The number of amides is 1. The van der Waals surface area contributed by atoms with Crippen LogP contribution in [0.5, 0.6) is 5.75 Å². The zero-order valence-electron chi connectivity index (χ0n) is 14.7. The molecule has 0 radical (unpaired) electrons. The molecule has 0 fully saturated rings. The number of aromatic nitrogens is 1. The molecule has 3 rings (SSSR count). The van der Waals surface area contributed by atoms with Crippen LogP contribution in [0.3, 0.4) is 0 Å². The average Bonchev–Trinajstić information content (AvgIpc) is 2.57. The van der Waals surface area contributed by atoms with E-state index in [1.165, 1.54) is 12.3 Å². The average molecular weight is 371 g/mol. The summed E-state index contributed by atoms with van der Waals surface area (Å²) in [6.07, 6.45) is 1.40. The lowest BCUT2D eigenvalue weighted by atomic mass is 9.85. The van der Waals surface area contributed by atoms with Crippen molar-refractivity contribution >= 4 is 34.1 Å². The van der Waals surface area contributed by atoms with Crippen LogP contribution in [-0.2, 0) is 5.41 Å². The molecule has 0 atom stereocenters. The van der Waals surface area contributed by atoms with Gasteiger partial charge in [0.25, 0.3) is 5.91 Å². The number of carbonyl (C=O) groups is 1. The van der Waals surface area contributed by atoms with Crippen LogP contribution in [0.1, 0.15) is 36.7 Å². The maximum atomic E-state index is 12.7. The van der Waals surface area contributed by atoms with Gasteiger partial charge in [0.15, 0.2) is 0 Å². The molecule has 6 heteroatoms. The number of anilines is 1. The predicted octanol–water partition coefficient (Wildman–Crippen LogP) is 4.44. The van der Waals surface area contributed by atoms with Gasteiger partial charge in [-0.25, -0.2) is 0 Å². The van der Waals surface area contributed by atoms with Crippen LogP contribution in [0.15, 0.2) is 47.4 Å². The third kappa shape index (κ3) is 3.30. The minimum atomic E-state index is -0.552. The second kappa shape index (κ2) is 6.50. The Morgan fingerprint density at radius 2 is 1.88 bits per heavy atom. The Bertz CT molecular complexity index is 1060. The van der Waals surface area contributed by atoms with E-state index in [1.807, 2.05) is 26.8 Å². The molecule has 0 saturated carbocycles. The number of para-hydroxylation sites is 1. The minimum Gasteiger partial charge on any atom is -0.506 e. The van der Waals surface area contributed by atoms with E-state index < -0.39 is 5.91 Å². The lowest BCUT2D eigenvalue weighted by Gasteiger charge is -2.23. The Balaban J connectivity index is 2.05. The fourth-order valence-electron chi connectivity index (χ4n) is 2.81. The number of fused-ring (bicyclic) bond motifs is 1. The van der Waals surface area contributed by atoms with Gasteiger partial charge in [0, 0.05) is 28.9 Å². The van der Waals surface area contributed by atoms with Gasteiger partial charge in [-0.15, -0.1) is 0 Å². The highest BCUT2D eigenvalue weighted by atomic mass is 35.5. The summed E-state index contributed by atoms with van der Waals surface area (Å²) in [5.41, 5.74) is 1.15. The highest BCUT2D eigenvalue weighted by Gasteiger charge is 2.22. The number of carbonyl (C=O) groups excluding carboxylic acids is 1. The first-order chi connectivity index (χ1) is 12.2. The molecule has 3 N–H and O–H groups in total. The van der Waals surface area contributed by atoms with Gasteiger partial charge in [-0.05, 0) is 29.2 Å². The van der Waals surface area contributed by atoms with Crippen molar-refractivity contribution in [2.45, 2.75) is 26.2 Å². The van der Waals surface area contributed by atoms with Gasteiger partial charge >= 0.3 is 0 Å². The van der Waals surface area contributed by atoms with Crippen molar-refractivity contribution < 1.29 is 9.90 Å². The zero-order valence-corrected chi connectivity index (χ0v) is 15.4. The van der Waals surface area contributed by atoms with E-state index in [0.717, 1.165) is 5.56 Å². The number of H-pyrrole nitrogens is 1. The van der Waals surface area contributed by atoms with Crippen molar-refractivity contribution in [1.29, 1.82) is 0 Å². The van der Waals surface area contributed by atoms with Gasteiger partial charge in [0.05, 0.1) is 5.02 Å². The maximum absolute atomic E-state index is 12.7. The van der Waals surface area contributed by atoms with E-state index in [-0.39, 0.29) is 27.2 Å². The lowest BCUT2D eigenvalue weighted by Crippen LogP contribution is -2.24. The summed E-state index contributed by atoms with van der Waals surface area (Å²) in [7, 11) is 0. The molecule has 2 aromatic carbocycles. The van der Waals surface area contributed by atoms with Crippen LogP contribution >= 0.6 is 11.6 Å². The van der Waals surface area contributed by atoms with Gasteiger partial charge in [-0.3, -0.25) is 9.59 Å². The maximum Gasteiger partial charge on any atom is 0.261 e. The van der Waals surface area contributed by atoms with Gasteiger partial charge in [-0.2, -0.15) is 0 Å². The van der Waals surface area contributed by atoms with Crippen LogP contribution in [0.2, 0.25) is 5.02 Å². The molecule has 0 saturated heterocycles. The number of phenols is 1. The summed E-state index contributed by atoms with van der Waals surface area (Å²) in [4.78, 5) is 28.3. The Morgan fingerprint density at radius 3 is 2.58 bits per heavy atom. The van der Waals surface area contributed by atoms with Crippen molar-refractivity contribution in [3.8, 4) is 5.75 Å². The summed E-state index contributed by atoms with van der Waals surface area (Å²) in [5, 5.41) is 13.3. The number of benzene rings is 2. The molecule has 0 aliphatic heterocycles. The Kier molecular flexibility index (Phi) is 4.50. The SMILES string of the molecule is CC(C)(C)c1cc(Cl)c(O)cc1NC(=O)c1c[nH]c2ccccc2c1=O. The van der Waals surface area contributed by atoms with Crippen LogP contribution < -0.4 is 10.7 Å². The second-order valence-corrected chi connectivity index (χ2v) is 7.54. The van der Waals surface area contributed by atoms with Crippen LogP contribution in [-0.4, -0.2) is 16.0 Å². The van der Waals surface area contributed by atoms with E-state index in [1.54, 1.807) is 24.3 Å². The second-order valence-electron chi connectivity index (χ2n) is 7.13. The number of hydrogen-bond donors (Lipinski definition) is 3. The number of nitrogens with one attached hydrogen (secondary N) is 2. The number of aromatic hydroxyl groups is 1. The first kappa shape index (κ1) is 18.0. The largest absolute Gasteiger partial charge is 0.506 e. The smallest absolute Gasteiger partial charge is 0.261 e. The minimum absolute atomic E-state index is 0.00185. The quantitative estimate of drug-likeness (QED) is 0.623. The van der Waals surface area contributed by atoms with Crippen molar-refractivity contribution in [2.75, 3.05) is 5.32 Å². The molecule has 3 aromatic rings. The summed E-state index contributed by atoms with van der Waals surface area (Å²) in [5.74, 6) is -0.688. The monoisotopic (exact) mass is 370 g/mol. The first-order valence-corrected chi connectivity index (χ1v) is 8.51. The van der Waals surface area contributed by atoms with E-state index in [2.05, 4.69) is 10.3 Å². The molecule has 1 amide bonds.